The molecule has 1 N–H and O–H groups in total. The molecule has 27 heavy (non-hydrogen) atoms. The predicted octanol–water partition coefficient (Wildman–Crippen LogP) is 5.83. The van der Waals surface area contributed by atoms with Crippen LogP contribution in [0.1, 0.15) is 13.8 Å². The van der Waals surface area contributed by atoms with Crippen molar-refractivity contribution in [3.63, 3.8) is 0 Å². The van der Waals surface area contributed by atoms with Gasteiger partial charge in [0.25, 0.3) is 0 Å². The van der Waals surface area contributed by atoms with E-state index in [0.717, 1.165) is 32.8 Å². The zero-order chi connectivity index (χ0) is 18.8. The van der Waals surface area contributed by atoms with Crippen LogP contribution in [-0.4, -0.2) is 29.1 Å². The fourth-order valence-corrected chi connectivity index (χ4v) is 3.54. The van der Waals surface area contributed by atoms with E-state index in [1.165, 1.54) is 0 Å². The Bertz CT molecular complexity index is 1100. The average molecular weight is 358 g/mol. The molecule has 3 aromatic carbocycles. The number of hydrogen-bond donors (Lipinski definition) is 1. The molecule has 0 atom stereocenters. The molecule has 0 aliphatic carbocycles. The molecule has 136 valence electrons. The van der Waals surface area contributed by atoms with Crippen molar-refractivity contribution in [2.24, 2.45) is 0 Å². The van der Waals surface area contributed by atoms with Gasteiger partial charge in [0.1, 0.15) is 0 Å². The van der Waals surface area contributed by atoms with Gasteiger partial charge >= 0.3 is 6.09 Å². The van der Waals surface area contributed by atoms with Crippen molar-refractivity contribution >= 4 is 27.8 Å². The number of nitrogens with one attached hydrogen (secondary N) is 1. The highest BCUT2D eigenvalue weighted by Gasteiger charge is 2.21. The normalized spacial score (nSPS) is 11.0. The SMILES string of the molecule is CCN(CC)C(=O)Oc1[nH]c2ccccc2c1-c1cccc2ccccc12. The van der Waals surface area contributed by atoms with E-state index >= 15 is 0 Å². The largest absolute Gasteiger partial charge is 0.416 e. The lowest BCUT2D eigenvalue weighted by Gasteiger charge is -2.18. The number of amides is 1. The fourth-order valence-electron chi connectivity index (χ4n) is 3.54. The third kappa shape index (κ3) is 3.04. The molecule has 0 radical (unpaired) electrons. The Labute approximate surface area is 158 Å². The van der Waals surface area contributed by atoms with Gasteiger partial charge in [-0.2, -0.15) is 0 Å². The van der Waals surface area contributed by atoms with Crippen molar-refractivity contribution < 1.29 is 9.53 Å². The van der Waals surface area contributed by atoms with Crippen molar-refractivity contribution in [3.05, 3.63) is 66.7 Å². The Morgan fingerprint density at radius 1 is 0.889 bits per heavy atom. The summed E-state index contributed by atoms with van der Waals surface area (Å²) < 4.78 is 5.81. The molecule has 1 heterocycles. The topological polar surface area (TPSA) is 45.3 Å². The summed E-state index contributed by atoms with van der Waals surface area (Å²) in [5, 5.41) is 3.32. The summed E-state index contributed by atoms with van der Waals surface area (Å²) in [5.74, 6) is 0.490. The highest BCUT2D eigenvalue weighted by atomic mass is 16.6. The second-order valence-electron chi connectivity index (χ2n) is 6.44. The van der Waals surface area contributed by atoms with E-state index in [9.17, 15) is 4.79 Å². The summed E-state index contributed by atoms with van der Waals surface area (Å²) in [4.78, 5) is 17.5. The molecule has 0 aliphatic rings. The van der Waals surface area contributed by atoms with Crippen LogP contribution in [0, 0.1) is 0 Å². The van der Waals surface area contributed by atoms with Gasteiger partial charge in [-0.1, -0.05) is 60.7 Å². The minimum Gasteiger partial charge on any atom is -0.392 e. The van der Waals surface area contributed by atoms with E-state index in [1.807, 2.05) is 50.2 Å². The average Bonchev–Trinajstić information content (AvgIpc) is 3.06. The van der Waals surface area contributed by atoms with Crippen LogP contribution in [0.25, 0.3) is 32.8 Å². The second kappa shape index (κ2) is 7.16. The van der Waals surface area contributed by atoms with E-state index in [-0.39, 0.29) is 6.09 Å². The van der Waals surface area contributed by atoms with Crippen LogP contribution in [0.15, 0.2) is 66.7 Å². The molecule has 0 saturated heterocycles. The number of aromatic nitrogens is 1. The summed E-state index contributed by atoms with van der Waals surface area (Å²) in [7, 11) is 0. The van der Waals surface area contributed by atoms with Gasteiger partial charge in [0.15, 0.2) is 0 Å². The van der Waals surface area contributed by atoms with Crippen molar-refractivity contribution in [2.45, 2.75) is 13.8 Å². The lowest BCUT2D eigenvalue weighted by Crippen LogP contribution is -2.33. The van der Waals surface area contributed by atoms with Crippen molar-refractivity contribution in [2.75, 3.05) is 13.1 Å². The molecular weight excluding hydrogens is 336 g/mol. The Morgan fingerprint density at radius 3 is 2.33 bits per heavy atom. The first-order valence-electron chi connectivity index (χ1n) is 9.28. The quantitative estimate of drug-likeness (QED) is 0.499. The number of H-pyrrole nitrogens is 1. The van der Waals surface area contributed by atoms with Gasteiger partial charge in [0.2, 0.25) is 5.88 Å². The summed E-state index contributed by atoms with van der Waals surface area (Å²) in [5.41, 5.74) is 2.92. The molecule has 0 unspecified atom stereocenters. The number of rotatable bonds is 4. The number of ether oxygens (including phenoxy) is 1. The van der Waals surface area contributed by atoms with Gasteiger partial charge in [-0.25, -0.2) is 4.79 Å². The highest BCUT2D eigenvalue weighted by molar-refractivity contribution is 6.07. The monoisotopic (exact) mass is 358 g/mol. The number of nitrogens with zero attached hydrogens (tertiary/aromatic N) is 1. The number of benzene rings is 3. The predicted molar refractivity (Wildman–Crippen MR) is 110 cm³/mol. The first-order chi connectivity index (χ1) is 13.2. The van der Waals surface area contributed by atoms with E-state index in [1.54, 1.807) is 4.90 Å². The lowest BCUT2D eigenvalue weighted by molar-refractivity contribution is 0.156. The van der Waals surface area contributed by atoms with Crippen LogP contribution < -0.4 is 4.74 Å². The third-order valence-electron chi connectivity index (χ3n) is 4.94. The van der Waals surface area contributed by atoms with Crippen molar-refractivity contribution in [1.82, 2.24) is 9.88 Å². The maximum Gasteiger partial charge on any atom is 0.416 e. The molecule has 4 aromatic rings. The smallest absolute Gasteiger partial charge is 0.392 e. The fraction of sp³-hybridized carbons (Fsp3) is 0.174. The maximum absolute atomic E-state index is 12.6. The van der Waals surface area contributed by atoms with Crippen molar-refractivity contribution in [1.29, 1.82) is 0 Å². The summed E-state index contributed by atoms with van der Waals surface area (Å²) in [6, 6.07) is 22.5. The lowest BCUT2D eigenvalue weighted by atomic mass is 9.97. The first-order valence-corrected chi connectivity index (χ1v) is 9.28. The Kier molecular flexibility index (Phi) is 4.55. The molecule has 4 nitrogen and oxygen atoms in total. The molecular formula is C23H22N2O2. The molecule has 1 aromatic heterocycles. The number of aromatic amines is 1. The van der Waals surface area contributed by atoms with Crippen LogP contribution in [-0.2, 0) is 0 Å². The number of carbonyl (C=O) groups excluding carboxylic acids is 1. The van der Waals surface area contributed by atoms with Crippen LogP contribution in [0.2, 0.25) is 0 Å². The molecule has 0 fully saturated rings. The van der Waals surface area contributed by atoms with Gasteiger partial charge < -0.3 is 14.6 Å². The Balaban J connectivity index is 1.92. The molecule has 0 saturated carbocycles. The summed E-state index contributed by atoms with van der Waals surface area (Å²) >= 11 is 0. The minimum absolute atomic E-state index is 0.340. The number of carbonyl (C=O) groups is 1. The standard InChI is InChI=1S/C23H22N2O2/c1-3-25(4-2)23(26)27-22-21(19-13-7-8-15-20(19)24-22)18-14-9-11-16-10-5-6-12-17(16)18/h5-15,24H,3-4H2,1-2H3. The Hall–Kier alpha value is -3.27. The molecule has 4 rings (SSSR count). The number of para-hydroxylation sites is 1. The zero-order valence-electron chi connectivity index (χ0n) is 15.5. The molecule has 0 spiro atoms. The maximum atomic E-state index is 12.6. The molecule has 4 heteroatoms. The zero-order valence-corrected chi connectivity index (χ0v) is 15.5. The first kappa shape index (κ1) is 17.2. The van der Waals surface area contributed by atoms with E-state index in [0.29, 0.717) is 19.0 Å². The molecule has 0 aliphatic heterocycles. The van der Waals surface area contributed by atoms with E-state index in [4.69, 9.17) is 4.74 Å². The highest BCUT2D eigenvalue weighted by Crippen LogP contribution is 2.40. The van der Waals surface area contributed by atoms with Gasteiger partial charge in [-0.05, 0) is 36.2 Å². The van der Waals surface area contributed by atoms with Crippen LogP contribution in [0.3, 0.4) is 0 Å². The van der Waals surface area contributed by atoms with Gasteiger partial charge in [0.05, 0.1) is 5.56 Å². The number of hydrogen-bond acceptors (Lipinski definition) is 2. The summed E-state index contributed by atoms with van der Waals surface area (Å²) in [6.45, 7) is 5.11. The van der Waals surface area contributed by atoms with Crippen LogP contribution in [0.5, 0.6) is 5.88 Å². The van der Waals surface area contributed by atoms with Gasteiger partial charge in [0, 0.05) is 24.0 Å². The third-order valence-corrected chi connectivity index (χ3v) is 4.94. The van der Waals surface area contributed by atoms with E-state index in [2.05, 4.69) is 35.3 Å². The Morgan fingerprint density at radius 2 is 1.56 bits per heavy atom. The van der Waals surface area contributed by atoms with Crippen LogP contribution in [0.4, 0.5) is 4.79 Å². The second-order valence-corrected chi connectivity index (χ2v) is 6.44. The summed E-state index contributed by atoms with van der Waals surface area (Å²) in [6.07, 6.45) is -0.340. The van der Waals surface area contributed by atoms with E-state index < -0.39 is 0 Å². The van der Waals surface area contributed by atoms with Crippen molar-refractivity contribution in [3.8, 4) is 17.0 Å². The van der Waals surface area contributed by atoms with Gasteiger partial charge in [-0.3, -0.25) is 0 Å². The minimum atomic E-state index is -0.340. The van der Waals surface area contributed by atoms with Crippen LogP contribution >= 0.6 is 0 Å². The molecule has 1 amide bonds. The molecule has 0 bridgehead atoms. The number of fused-ring (bicyclic) bond motifs is 2. The van der Waals surface area contributed by atoms with Gasteiger partial charge in [-0.15, -0.1) is 0 Å².